The molecule has 2 rings (SSSR count). The first kappa shape index (κ1) is 17.6. The van der Waals surface area contributed by atoms with Gasteiger partial charge in [0.1, 0.15) is 18.2 Å². The molecule has 124 valence electrons. The predicted octanol–water partition coefficient (Wildman–Crippen LogP) is 1.47. The topological polar surface area (TPSA) is 47.3 Å². The Morgan fingerprint density at radius 1 is 1.21 bits per heavy atom. The first-order chi connectivity index (χ1) is 11.7. The monoisotopic (exact) mass is 344 g/mol. The largest absolute Gasteiger partial charge is 0.488 e. The van der Waals surface area contributed by atoms with Gasteiger partial charge in [-0.15, -0.1) is 17.1 Å². The van der Waals surface area contributed by atoms with Gasteiger partial charge in [0.25, 0.3) is 0 Å². The van der Waals surface area contributed by atoms with Crippen LogP contribution in [0.25, 0.3) is 0 Å². The van der Waals surface area contributed by atoms with Crippen LogP contribution in [0.15, 0.2) is 61.2 Å². The highest BCUT2D eigenvalue weighted by Crippen LogP contribution is 2.17. The minimum absolute atomic E-state index is 0.157. The van der Waals surface area contributed by atoms with E-state index in [9.17, 15) is 4.39 Å². The van der Waals surface area contributed by atoms with Crippen LogP contribution in [0.5, 0.6) is 5.75 Å². The van der Waals surface area contributed by atoms with Crippen molar-refractivity contribution in [2.75, 3.05) is 6.54 Å². The Balaban J connectivity index is 1.98. The summed E-state index contributed by atoms with van der Waals surface area (Å²) in [5.41, 5.74) is 4.15. The molecule has 0 saturated carbocycles. The highest BCUT2D eigenvalue weighted by molar-refractivity contribution is 7.80. The molecule has 6 heteroatoms. The molecule has 0 aliphatic heterocycles. The zero-order chi connectivity index (χ0) is 17.2. The second-order valence-electron chi connectivity index (χ2n) is 4.83. The molecule has 0 bridgehead atoms. The molecule has 0 heterocycles. The summed E-state index contributed by atoms with van der Waals surface area (Å²) in [6.45, 7) is 4.34. The standard InChI is InChI=1S/C18H18FN3OS/c1-2-11-20-18(24)22-21-12-14-7-4-6-10-17(14)23-13-15-8-3-5-9-16(15)19/h2-10,12H,1,11,13H2,(H2,20,22,24)/p+1. The summed E-state index contributed by atoms with van der Waals surface area (Å²) < 4.78 is 19.4. The van der Waals surface area contributed by atoms with Gasteiger partial charge in [-0.05, 0) is 30.4 Å². The molecule has 4 nitrogen and oxygen atoms in total. The Hall–Kier alpha value is -2.73. The fourth-order valence-corrected chi connectivity index (χ4v) is 2.03. The van der Waals surface area contributed by atoms with E-state index in [0.717, 1.165) is 5.56 Å². The summed E-state index contributed by atoms with van der Waals surface area (Å²) in [7, 11) is 0. The minimum Gasteiger partial charge on any atom is -0.488 e. The van der Waals surface area contributed by atoms with Crippen molar-refractivity contribution in [1.82, 2.24) is 10.7 Å². The van der Waals surface area contributed by atoms with Gasteiger partial charge in [-0.1, -0.05) is 36.4 Å². The molecule has 2 aromatic rings. The summed E-state index contributed by atoms with van der Waals surface area (Å²) in [5, 5.41) is 6.28. The number of thiocarbonyl (C=S) groups is 1. The van der Waals surface area contributed by atoms with E-state index in [1.807, 2.05) is 24.3 Å². The van der Waals surface area contributed by atoms with Crippen molar-refractivity contribution in [2.24, 2.45) is 0 Å². The molecule has 0 spiro atoms. The van der Waals surface area contributed by atoms with E-state index < -0.39 is 0 Å². The number of nitrogens with one attached hydrogen (secondary N) is 3. The molecule has 0 saturated heterocycles. The third kappa shape index (κ3) is 5.48. The van der Waals surface area contributed by atoms with Gasteiger partial charge in [0.15, 0.2) is 0 Å². The van der Waals surface area contributed by atoms with E-state index in [4.69, 9.17) is 17.0 Å². The Bertz CT molecular complexity index is 734. The molecule has 0 aliphatic carbocycles. The smallest absolute Gasteiger partial charge is 0.224 e. The number of hydrazine groups is 1. The molecule has 0 unspecified atom stereocenters. The normalized spacial score (nSPS) is 10.4. The number of rotatable bonds is 7. The van der Waals surface area contributed by atoms with Gasteiger partial charge in [-0.25, -0.2) is 4.39 Å². The van der Waals surface area contributed by atoms with Gasteiger partial charge in [0.2, 0.25) is 11.3 Å². The molecule has 0 aromatic heterocycles. The highest BCUT2D eigenvalue weighted by atomic mass is 32.1. The number of halogens is 1. The zero-order valence-corrected chi connectivity index (χ0v) is 13.9. The van der Waals surface area contributed by atoms with Crippen molar-refractivity contribution in [1.29, 1.82) is 0 Å². The van der Waals surface area contributed by atoms with Crippen LogP contribution < -0.4 is 20.6 Å². The molecule has 2 aromatic carbocycles. The third-order valence-electron chi connectivity index (χ3n) is 3.08. The van der Waals surface area contributed by atoms with E-state index in [1.54, 1.807) is 30.5 Å². The van der Waals surface area contributed by atoms with Crippen LogP contribution in [-0.2, 0) is 6.61 Å². The molecule has 0 amide bonds. The Morgan fingerprint density at radius 3 is 2.75 bits per heavy atom. The first-order valence-corrected chi connectivity index (χ1v) is 7.80. The number of benzene rings is 2. The van der Waals surface area contributed by atoms with Crippen LogP contribution in [0.4, 0.5) is 4.39 Å². The molecule has 3 N–H and O–H groups in total. The van der Waals surface area contributed by atoms with Crippen molar-refractivity contribution in [2.45, 2.75) is 6.61 Å². The zero-order valence-electron chi connectivity index (χ0n) is 13.1. The van der Waals surface area contributed by atoms with E-state index in [2.05, 4.69) is 22.4 Å². The first-order valence-electron chi connectivity index (χ1n) is 7.39. The van der Waals surface area contributed by atoms with Gasteiger partial charge in [0.05, 0.1) is 5.56 Å². The van der Waals surface area contributed by atoms with Crippen molar-refractivity contribution >= 4 is 23.5 Å². The Labute approximate surface area is 146 Å². The summed E-state index contributed by atoms with van der Waals surface area (Å²) in [6.07, 6.45) is 3.43. The van der Waals surface area contributed by atoms with Crippen molar-refractivity contribution in [3.8, 4) is 5.75 Å². The predicted molar refractivity (Wildman–Crippen MR) is 97.2 cm³/mol. The van der Waals surface area contributed by atoms with Gasteiger partial charge < -0.3 is 10.1 Å². The maximum atomic E-state index is 13.6. The lowest BCUT2D eigenvalue weighted by Gasteiger charge is -2.08. The molecule has 0 atom stereocenters. The average Bonchev–Trinajstić information content (AvgIpc) is 2.60. The molecular weight excluding hydrogens is 325 g/mol. The quantitative estimate of drug-likeness (QED) is 0.308. The van der Waals surface area contributed by atoms with Crippen molar-refractivity contribution in [3.05, 3.63) is 78.1 Å². The van der Waals surface area contributed by atoms with Gasteiger partial charge in [-0.3, -0.25) is 0 Å². The Morgan fingerprint density at radius 2 is 1.96 bits per heavy atom. The van der Waals surface area contributed by atoms with Crippen LogP contribution in [0.1, 0.15) is 11.1 Å². The van der Waals surface area contributed by atoms with Crippen LogP contribution in [0, 0.1) is 5.82 Å². The lowest BCUT2D eigenvalue weighted by Crippen LogP contribution is -2.82. The second kappa shape index (κ2) is 9.42. The van der Waals surface area contributed by atoms with Gasteiger partial charge >= 0.3 is 0 Å². The van der Waals surface area contributed by atoms with Gasteiger partial charge in [-0.2, -0.15) is 0 Å². The molecular formula is C18H19FN3OS+. The van der Waals surface area contributed by atoms with Gasteiger partial charge in [0, 0.05) is 12.1 Å². The van der Waals surface area contributed by atoms with E-state index in [0.29, 0.717) is 23.0 Å². The SMILES string of the molecule is C=CCNC(=S)N[NH+]=Cc1ccccc1OCc1ccccc1F. The second-order valence-corrected chi connectivity index (χ2v) is 5.24. The van der Waals surface area contributed by atoms with Crippen LogP contribution in [0.3, 0.4) is 0 Å². The number of hydrogen-bond donors (Lipinski definition) is 3. The molecule has 0 fully saturated rings. The van der Waals surface area contributed by atoms with Crippen LogP contribution in [-0.4, -0.2) is 17.9 Å². The lowest BCUT2D eigenvalue weighted by atomic mass is 10.2. The van der Waals surface area contributed by atoms with Crippen LogP contribution >= 0.6 is 12.2 Å². The fraction of sp³-hybridized carbons (Fsp3) is 0.111. The fourth-order valence-electron chi connectivity index (χ4n) is 1.89. The Kier molecular flexibility index (Phi) is 6.91. The minimum atomic E-state index is -0.280. The van der Waals surface area contributed by atoms with Crippen molar-refractivity contribution in [3.63, 3.8) is 0 Å². The highest BCUT2D eigenvalue weighted by Gasteiger charge is 2.06. The van der Waals surface area contributed by atoms with E-state index in [1.165, 1.54) is 6.07 Å². The molecule has 0 radical (unpaired) electrons. The summed E-state index contributed by atoms with van der Waals surface area (Å²) in [5.74, 6) is 0.359. The molecule has 24 heavy (non-hydrogen) atoms. The average molecular weight is 344 g/mol. The number of para-hydroxylation sites is 1. The lowest BCUT2D eigenvalue weighted by molar-refractivity contribution is -0.500. The summed E-state index contributed by atoms with van der Waals surface area (Å²) in [4.78, 5) is 0. The maximum absolute atomic E-state index is 13.6. The number of hydrazone groups is 1. The van der Waals surface area contributed by atoms with Crippen LogP contribution in [0.2, 0.25) is 0 Å². The number of hydrogen-bond acceptors (Lipinski definition) is 2. The summed E-state index contributed by atoms with van der Waals surface area (Å²) >= 11 is 5.07. The third-order valence-corrected chi connectivity index (χ3v) is 3.33. The van der Waals surface area contributed by atoms with Crippen molar-refractivity contribution < 1.29 is 14.2 Å². The molecule has 0 aliphatic rings. The summed E-state index contributed by atoms with van der Waals surface area (Å²) in [6, 6.07) is 14.0. The van der Waals surface area contributed by atoms with E-state index >= 15 is 0 Å². The van der Waals surface area contributed by atoms with E-state index in [-0.39, 0.29) is 12.4 Å². The number of ether oxygens (including phenoxy) is 1. The maximum Gasteiger partial charge on any atom is 0.224 e.